The minimum Gasteiger partial charge on any atom is -0.304 e. The van der Waals surface area contributed by atoms with Gasteiger partial charge < -0.3 is 4.48 Å². The molecule has 0 saturated carbocycles. The summed E-state index contributed by atoms with van der Waals surface area (Å²) in [5, 5.41) is 0. The Labute approximate surface area is 69.4 Å². The molecule has 0 aliphatic rings. The van der Waals surface area contributed by atoms with Crippen LogP contribution in [0.2, 0.25) is 0 Å². The number of carbonyl (C=O) groups excluding carboxylic acids is 1. The Bertz CT molecular complexity index is 150. The van der Waals surface area contributed by atoms with Crippen molar-refractivity contribution in [3.8, 4) is 0 Å². The van der Waals surface area contributed by atoms with Crippen molar-refractivity contribution in [1.29, 1.82) is 0 Å². The van der Waals surface area contributed by atoms with Crippen LogP contribution in [0.25, 0.3) is 0 Å². The van der Waals surface area contributed by atoms with Crippen molar-refractivity contribution in [3.63, 3.8) is 0 Å². The van der Waals surface area contributed by atoms with Crippen molar-refractivity contribution >= 4 is 5.91 Å². The summed E-state index contributed by atoms with van der Waals surface area (Å²) in [7, 11) is 17.8. The molecule has 3 nitrogen and oxygen atoms in total. The lowest BCUT2D eigenvalue weighted by atomic mass is 10.4. The second-order valence-corrected chi connectivity index (χ2v) is 3.87. The Morgan fingerprint density at radius 3 is 1.64 bits per heavy atom. The van der Waals surface area contributed by atoms with E-state index in [9.17, 15) is 4.79 Å². The lowest BCUT2D eigenvalue weighted by Crippen LogP contribution is -2.49. The highest BCUT2D eigenvalue weighted by Crippen LogP contribution is 2.00. The van der Waals surface area contributed by atoms with Crippen LogP contribution in [0.3, 0.4) is 0 Å². The summed E-state index contributed by atoms with van der Waals surface area (Å²) in [5.74, 6) is -0.0856. The maximum absolute atomic E-state index is 11.2. The van der Waals surface area contributed by atoms with E-state index in [1.54, 1.807) is 28.2 Å². The van der Waals surface area contributed by atoms with Gasteiger partial charge in [-0.3, -0.25) is 0 Å². The Morgan fingerprint density at radius 2 is 1.55 bits per heavy atom. The molecular weight excluding hydrogens is 140 g/mol. The quantitative estimate of drug-likeness (QED) is 0.514. The topological polar surface area (TPSA) is 17.1 Å². The molecule has 62 valence electrons. The second kappa shape index (κ2) is 2.91. The van der Waals surface area contributed by atoms with Gasteiger partial charge in [0.25, 0.3) is 0 Å². The summed E-state index contributed by atoms with van der Waals surface area (Å²) in [5.41, 5.74) is 0. The molecule has 0 fully saturated rings. The molecule has 0 saturated heterocycles. The van der Waals surface area contributed by atoms with Crippen LogP contribution >= 0.6 is 0 Å². The van der Waals surface area contributed by atoms with Crippen LogP contribution in [-0.4, -0.2) is 49.6 Å². The van der Waals surface area contributed by atoms with Crippen LogP contribution in [0.4, 0.5) is 0 Å². The fraction of sp³-hybridized carbons (Fsp3) is 0.625. The number of carbonyl (C=O) groups is 1. The summed E-state index contributed by atoms with van der Waals surface area (Å²) >= 11 is 0. The zero-order valence-corrected chi connectivity index (χ0v) is 7.66. The van der Waals surface area contributed by atoms with Crippen molar-refractivity contribution in [3.05, 3.63) is 14.1 Å². The summed E-state index contributed by atoms with van der Waals surface area (Å²) in [6.07, 6.45) is 0. The summed E-state index contributed by atoms with van der Waals surface area (Å²) < 4.78 is -0.0450. The van der Waals surface area contributed by atoms with E-state index in [1.165, 1.54) is 0 Å². The van der Waals surface area contributed by atoms with Crippen molar-refractivity contribution in [1.82, 2.24) is 0 Å². The molecule has 4 radical (unpaired) electrons. The minimum atomic E-state index is -0.168. The maximum atomic E-state index is 11.2. The molecule has 11 heavy (non-hydrogen) atoms. The highest BCUT2D eigenvalue weighted by molar-refractivity contribution is 5.70. The largest absolute Gasteiger partial charge is 0.368 e. The van der Waals surface area contributed by atoms with Crippen molar-refractivity contribution < 1.29 is 13.8 Å². The molecule has 0 rings (SSSR count). The van der Waals surface area contributed by atoms with Gasteiger partial charge in [-0.25, -0.2) is 9.28 Å². The van der Waals surface area contributed by atoms with E-state index in [-0.39, 0.29) is 21.4 Å². The first kappa shape index (κ1) is 10.6. The van der Waals surface area contributed by atoms with E-state index in [4.69, 9.17) is 14.1 Å². The van der Waals surface area contributed by atoms with Crippen LogP contribution in [-0.2, 0) is 4.79 Å². The van der Waals surface area contributed by atoms with Crippen LogP contribution in [0.5, 0.6) is 0 Å². The third-order valence-electron chi connectivity index (χ3n) is 1.19. The van der Waals surface area contributed by atoms with E-state index in [2.05, 4.69) is 0 Å². The first-order valence-corrected chi connectivity index (χ1v) is 3.40. The van der Waals surface area contributed by atoms with Gasteiger partial charge in [-0.2, -0.15) is 0 Å². The Morgan fingerprint density at radius 1 is 1.18 bits per heavy atom. The average molecular weight is 156 g/mol. The monoisotopic (exact) mass is 156 g/mol. The number of hydrogen-bond acceptors (Lipinski definition) is 1. The van der Waals surface area contributed by atoms with Gasteiger partial charge >= 0.3 is 5.91 Å². The van der Waals surface area contributed by atoms with E-state index >= 15 is 0 Å². The number of likely N-dealkylation sites (N-methyl/N-ethyl adjacent to an activating group) is 2. The van der Waals surface area contributed by atoms with Crippen LogP contribution in [0, 0.1) is 14.1 Å². The second-order valence-electron chi connectivity index (χ2n) is 3.87. The van der Waals surface area contributed by atoms with Gasteiger partial charge in [-0.05, 0) is 0 Å². The van der Waals surface area contributed by atoms with E-state index in [1.807, 2.05) is 0 Å². The van der Waals surface area contributed by atoms with E-state index in [0.29, 0.717) is 0 Å². The first-order valence-electron chi connectivity index (χ1n) is 3.40. The van der Waals surface area contributed by atoms with Gasteiger partial charge in [0.1, 0.15) is 0 Å². The molecule has 0 N–H and O–H groups in total. The number of amides is 1. The van der Waals surface area contributed by atoms with Gasteiger partial charge in [0.15, 0.2) is 6.54 Å². The Balaban J connectivity index is 4.11. The smallest absolute Gasteiger partial charge is 0.304 e. The molecule has 0 unspecified atom stereocenters. The number of rotatable bonds is 2. The van der Waals surface area contributed by atoms with Gasteiger partial charge in [0, 0.05) is 0 Å². The summed E-state index contributed by atoms with van der Waals surface area (Å²) in [6.45, 7) is 0.240. The number of hydrogen-bond donors (Lipinski definition) is 0. The van der Waals surface area contributed by atoms with Gasteiger partial charge in [0.05, 0.1) is 28.2 Å². The Hall–Kier alpha value is -0.410. The molecular formula is C8H16N2O+2. The SMILES string of the molecule is [CH][N+](C)(C)CC(=O)[N+]([CH])(C)C. The highest BCUT2D eigenvalue weighted by Gasteiger charge is 2.28. The molecule has 0 atom stereocenters. The molecule has 1 amide bonds. The standard InChI is InChI=1S/C8H16N2O/c1-9(2,3)7-8(11)10(4,5)6/h1,4H,7H2,2-3,5-6H3/q+2. The van der Waals surface area contributed by atoms with E-state index in [0.717, 1.165) is 0 Å². The molecule has 0 aromatic heterocycles. The fourth-order valence-corrected chi connectivity index (χ4v) is 0.531. The normalized spacial score (nSPS) is 13.3. The lowest BCUT2D eigenvalue weighted by molar-refractivity contribution is -0.855. The predicted molar refractivity (Wildman–Crippen MR) is 42.7 cm³/mol. The average Bonchev–Trinajstić information content (AvgIpc) is 1.56. The molecule has 0 bridgehead atoms. The summed E-state index contributed by atoms with van der Waals surface area (Å²) in [6, 6.07) is 0. The van der Waals surface area contributed by atoms with E-state index < -0.39 is 0 Å². The lowest BCUT2D eigenvalue weighted by Gasteiger charge is -2.25. The zero-order chi connectivity index (χ0) is 9.28. The van der Waals surface area contributed by atoms with Crippen molar-refractivity contribution in [2.45, 2.75) is 0 Å². The number of nitrogens with zero attached hydrogens (tertiary/aromatic N) is 2. The zero-order valence-electron chi connectivity index (χ0n) is 7.66. The first-order chi connectivity index (χ1) is 4.63. The van der Waals surface area contributed by atoms with Gasteiger partial charge in [-0.15, -0.1) is 0 Å². The van der Waals surface area contributed by atoms with Gasteiger partial charge in [0.2, 0.25) is 14.1 Å². The molecule has 0 aliphatic carbocycles. The van der Waals surface area contributed by atoms with Gasteiger partial charge in [-0.1, -0.05) is 0 Å². The van der Waals surface area contributed by atoms with Crippen LogP contribution in [0.15, 0.2) is 0 Å². The molecule has 3 heteroatoms. The Kier molecular flexibility index (Phi) is 2.80. The summed E-state index contributed by atoms with van der Waals surface area (Å²) in [4.78, 5) is 11.2. The molecule has 0 spiro atoms. The fourth-order valence-electron chi connectivity index (χ4n) is 0.531. The van der Waals surface area contributed by atoms with Crippen LogP contribution in [0.1, 0.15) is 0 Å². The predicted octanol–water partition coefficient (Wildman–Crippen LogP) is 0.00298. The molecule has 0 aliphatic heterocycles. The van der Waals surface area contributed by atoms with Crippen molar-refractivity contribution in [2.24, 2.45) is 0 Å². The third-order valence-corrected chi connectivity index (χ3v) is 1.19. The molecule has 0 heterocycles. The van der Waals surface area contributed by atoms with Crippen LogP contribution < -0.4 is 0 Å². The van der Waals surface area contributed by atoms with Crippen molar-refractivity contribution in [2.75, 3.05) is 34.7 Å². The molecule has 0 aromatic carbocycles. The minimum absolute atomic E-state index is 0.0856. The third kappa shape index (κ3) is 4.93. The molecule has 0 aromatic rings. The maximum Gasteiger partial charge on any atom is 0.368 e. The highest BCUT2D eigenvalue weighted by atomic mass is 16.2. The number of quaternary nitrogens is 2.